The summed E-state index contributed by atoms with van der Waals surface area (Å²) in [5, 5.41) is 0.662. The number of aromatic nitrogens is 2. The lowest BCUT2D eigenvalue weighted by Gasteiger charge is -2.10. The van der Waals surface area contributed by atoms with Crippen molar-refractivity contribution >= 4 is 11.6 Å². The molecule has 0 unspecified atom stereocenters. The van der Waals surface area contributed by atoms with E-state index in [0.29, 0.717) is 18.2 Å². The first-order valence-corrected chi connectivity index (χ1v) is 5.66. The first-order valence-electron chi connectivity index (χ1n) is 5.28. The summed E-state index contributed by atoms with van der Waals surface area (Å²) in [6, 6.07) is 5.43. The third-order valence-electron chi connectivity index (χ3n) is 2.52. The van der Waals surface area contributed by atoms with Gasteiger partial charge in [0.05, 0.1) is 0 Å². The van der Waals surface area contributed by atoms with E-state index in [4.69, 9.17) is 22.1 Å². The monoisotopic (exact) mass is 251 g/mol. The largest absolute Gasteiger partial charge is 0.485 e. The summed E-state index contributed by atoms with van der Waals surface area (Å²) in [5.74, 6) is 1.61. The van der Waals surface area contributed by atoms with E-state index in [-0.39, 0.29) is 0 Å². The lowest BCUT2D eigenvalue weighted by molar-refractivity contribution is 0.289. The van der Waals surface area contributed by atoms with Gasteiger partial charge in [-0.3, -0.25) is 0 Å². The Morgan fingerprint density at radius 1 is 1.47 bits per heavy atom. The zero-order chi connectivity index (χ0) is 12.3. The summed E-state index contributed by atoms with van der Waals surface area (Å²) in [4.78, 5) is 4.18. The van der Waals surface area contributed by atoms with Gasteiger partial charge >= 0.3 is 0 Å². The molecule has 4 nitrogen and oxygen atoms in total. The van der Waals surface area contributed by atoms with E-state index in [2.05, 4.69) is 4.98 Å². The second-order valence-corrected chi connectivity index (χ2v) is 4.14. The first kappa shape index (κ1) is 12.0. The highest BCUT2D eigenvalue weighted by atomic mass is 35.5. The summed E-state index contributed by atoms with van der Waals surface area (Å²) in [6.45, 7) is 0.814. The highest BCUT2D eigenvalue weighted by molar-refractivity contribution is 6.30. The van der Waals surface area contributed by atoms with Gasteiger partial charge in [-0.1, -0.05) is 11.6 Å². The summed E-state index contributed by atoms with van der Waals surface area (Å²) < 4.78 is 7.60. The molecule has 2 N–H and O–H groups in total. The van der Waals surface area contributed by atoms with E-state index in [1.165, 1.54) is 0 Å². The van der Waals surface area contributed by atoms with Crippen molar-refractivity contribution in [1.29, 1.82) is 0 Å². The molecule has 0 saturated heterocycles. The van der Waals surface area contributed by atoms with Crippen molar-refractivity contribution in [3.05, 3.63) is 47.0 Å². The minimum atomic E-state index is 0.399. The van der Waals surface area contributed by atoms with Gasteiger partial charge in [0.1, 0.15) is 18.2 Å². The van der Waals surface area contributed by atoms with E-state index in [0.717, 1.165) is 17.1 Å². The van der Waals surface area contributed by atoms with Crippen LogP contribution in [-0.4, -0.2) is 9.55 Å². The number of hydrogen-bond donors (Lipinski definition) is 1. The van der Waals surface area contributed by atoms with E-state index >= 15 is 0 Å². The van der Waals surface area contributed by atoms with Crippen molar-refractivity contribution in [2.24, 2.45) is 12.8 Å². The van der Waals surface area contributed by atoms with Crippen molar-refractivity contribution in [2.45, 2.75) is 13.2 Å². The molecule has 0 spiro atoms. The molecule has 5 heteroatoms. The molecule has 1 aromatic heterocycles. The van der Waals surface area contributed by atoms with Crippen molar-refractivity contribution in [1.82, 2.24) is 9.55 Å². The molecule has 0 atom stereocenters. The van der Waals surface area contributed by atoms with Crippen LogP contribution in [-0.2, 0) is 20.2 Å². The molecule has 1 heterocycles. The lowest BCUT2D eigenvalue weighted by atomic mass is 10.2. The summed E-state index contributed by atoms with van der Waals surface area (Å²) in [5.41, 5.74) is 6.53. The Balaban J connectivity index is 2.11. The average molecular weight is 252 g/mol. The highest BCUT2D eigenvalue weighted by Crippen LogP contribution is 2.23. The molecule has 0 radical (unpaired) electrons. The number of hydrogen-bond acceptors (Lipinski definition) is 3. The normalized spacial score (nSPS) is 10.5. The van der Waals surface area contributed by atoms with Gasteiger partial charge in [0, 0.05) is 36.6 Å². The Bertz CT molecular complexity index is 510. The molecule has 0 aliphatic heterocycles. The average Bonchev–Trinajstić information content (AvgIpc) is 2.73. The smallest absolute Gasteiger partial charge is 0.146 e. The quantitative estimate of drug-likeness (QED) is 0.906. The minimum Gasteiger partial charge on any atom is -0.485 e. The van der Waals surface area contributed by atoms with Crippen LogP contribution in [0.15, 0.2) is 30.6 Å². The standard InChI is InChI=1S/C12H14ClN3O/c1-16-5-4-15-12(16)8-17-11-3-2-10(13)6-9(11)7-14/h2-6H,7-8,14H2,1H3. The molecule has 1 aromatic carbocycles. The number of ether oxygens (including phenoxy) is 1. The Morgan fingerprint density at radius 3 is 2.94 bits per heavy atom. The Hall–Kier alpha value is -1.52. The van der Waals surface area contributed by atoms with Crippen LogP contribution in [0, 0.1) is 0 Å². The Kier molecular flexibility index (Phi) is 3.66. The van der Waals surface area contributed by atoms with E-state index < -0.39 is 0 Å². The number of aryl methyl sites for hydroxylation is 1. The molecule has 2 rings (SSSR count). The fraction of sp³-hybridized carbons (Fsp3) is 0.250. The fourth-order valence-electron chi connectivity index (χ4n) is 1.53. The van der Waals surface area contributed by atoms with Gasteiger partial charge in [-0.2, -0.15) is 0 Å². The zero-order valence-corrected chi connectivity index (χ0v) is 10.3. The number of nitrogens with zero attached hydrogens (tertiary/aromatic N) is 2. The van der Waals surface area contributed by atoms with Gasteiger partial charge in [0.2, 0.25) is 0 Å². The molecule has 0 aliphatic carbocycles. The third-order valence-corrected chi connectivity index (χ3v) is 2.76. The van der Waals surface area contributed by atoms with Crippen LogP contribution in [0.25, 0.3) is 0 Å². The van der Waals surface area contributed by atoms with Crippen LogP contribution in [0.4, 0.5) is 0 Å². The number of imidazole rings is 1. The zero-order valence-electron chi connectivity index (χ0n) is 9.56. The highest BCUT2D eigenvalue weighted by Gasteiger charge is 2.05. The summed E-state index contributed by atoms with van der Waals surface area (Å²) >= 11 is 5.89. The van der Waals surface area contributed by atoms with Crippen LogP contribution >= 0.6 is 11.6 Å². The Morgan fingerprint density at radius 2 is 2.29 bits per heavy atom. The van der Waals surface area contributed by atoms with Crippen LogP contribution in [0.5, 0.6) is 5.75 Å². The first-order chi connectivity index (χ1) is 8.20. The maximum absolute atomic E-state index is 5.89. The van der Waals surface area contributed by atoms with Gasteiger partial charge in [-0.15, -0.1) is 0 Å². The summed E-state index contributed by atoms with van der Waals surface area (Å²) in [6.07, 6.45) is 3.62. The molecule has 0 saturated carbocycles. The van der Waals surface area contributed by atoms with Crippen molar-refractivity contribution in [3.63, 3.8) is 0 Å². The van der Waals surface area contributed by atoms with Crippen LogP contribution in [0.2, 0.25) is 5.02 Å². The predicted octanol–water partition coefficient (Wildman–Crippen LogP) is 2.11. The lowest BCUT2D eigenvalue weighted by Crippen LogP contribution is -2.06. The Labute approximate surface area is 105 Å². The van der Waals surface area contributed by atoms with Gasteiger partial charge in [-0.25, -0.2) is 4.98 Å². The molecule has 0 aliphatic rings. The molecule has 0 fully saturated rings. The van der Waals surface area contributed by atoms with Gasteiger partial charge in [0.25, 0.3) is 0 Å². The SMILES string of the molecule is Cn1ccnc1COc1ccc(Cl)cc1CN. The molecular weight excluding hydrogens is 238 g/mol. The van der Waals surface area contributed by atoms with E-state index in [1.54, 1.807) is 12.3 Å². The van der Waals surface area contributed by atoms with Gasteiger partial charge in [-0.05, 0) is 18.2 Å². The van der Waals surface area contributed by atoms with Crippen LogP contribution in [0.1, 0.15) is 11.4 Å². The molecule has 90 valence electrons. The maximum Gasteiger partial charge on any atom is 0.146 e. The topological polar surface area (TPSA) is 53.1 Å². The molecule has 17 heavy (non-hydrogen) atoms. The fourth-order valence-corrected chi connectivity index (χ4v) is 1.72. The van der Waals surface area contributed by atoms with Gasteiger partial charge < -0.3 is 15.0 Å². The third kappa shape index (κ3) is 2.78. The summed E-state index contributed by atoms with van der Waals surface area (Å²) in [7, 11) is 1.93. The molecule has 2 aromatic rings. The van der Waals surface area contributed by atoms with Crippen molar-refractivity contribution in [3.8, 4) is 5.75 Å². The number of rotatable bonds is 4. The van der Waals surface area contributed by atoms with E-state index in [9.17, 15) is 0 Å². The minimum absolute atomic E-state index is 0.399. The second kappa shape index (κ2) is 5.21. The van der Waals surface area contributed by atoms with Gasteiger partial charge in [0.15, 0.2) is 0 Å². The maximum atomic E-state index is 5.89. The number of benzene rings is 1. The van der Waals surface area contributed by atoms with E-state index in [1.807, 2.05) is 29.9 Å². The van der Waals surface area contributed by atoms with Crippen molar-refractivity contribution < 1.29 is 4.74 Å². The van der Waals surface area contributed by atoms with Crippen molar-refractivity contribution in [2.75, 3.05) is 0 Å². The van der Waals surface area contributed by atoms with Crippen LogP contribution in [0.3, 0.4) is 0 Å². The second-order valence-electron chi connectivity index (χ2n) is 3.70. The predicted molar refractivity (Wildman–Crippen MR) is 66.9 cm³/mol. The molecule has 0 bridgehead atoms. The molecular formula is C12H14ClN3O. The molecule has 0 amide bonds. The van der Waals surface area contributed by atoms with Crippen LogP contribution < -0.4 is 10.5 Å². The number of halogens is 1. The number of nitrogens with two attached hydrogens (primary N) is 1.